The lowest BCUT2D eigenvalue weighted by Crippen LogP contribution is -2.30. The maximum Gasteiger partial charge on any atom is 0.321 e. The number of benzene rings is 1. The molecule has 2 heterocycles. The number of nitrogens with one attached hydrogen (secondary N) is 3. The van der Waals surface area contributed by atoms with Crippen molar-refractivity contribution < 1.29 is 9.18 Å². The van der Waals surface area contributed by atoms with Gasteiger partial charge in [0.05, 0.1) is 0 Å². The molecule has 0 radical (unpaired) electrons. The second-order valence-electron chi connectivity index (χ2n) is 6.27. The van der Waals surface area contributed by atoms with Gasteiger partial charge < -0.3 is 10.6 Å². The molecule has 3 rings (SSSR count). The summed E-state index contributed by atoms with van der Waals surface area (Å²) >= 11 is 1.38. The normalized spacial score (nSPS) is 10.5. The van der Waals surface area contributed by atoms with Crippen molar-refractivity contribution in [2.24, 2.45) is 0 Å². The summed E-state index contributed by atoms with van der Waals surface area (Å²) in [5.74, 6) is 0.605. The first kappa shape index (κ1) is 19.8. The van der Waals surface area contributed by atoms with Crippen molar-refractivity contribution in [3.05, 3.63) is 70.6 Å². The van der Waals surface area contributed by atoms with Gasteiger partial charge in [0.1, 0.15) is 11.6 Å². The van der Waals surface area contributed by atoms with Crippen molar-refractivity contribution in [1.82, 2.24) is 15.3 Å². The molecule has 0 saturated heterocycles. The SMILES string of the molecule is Cc1ccc(Cc2cnc(NC(=O)NCCCNc3ccccn3)s2)cc1F. The molecule has 28 heavy (non-hydrogen) atoms. The minimum Gasteiger partial charge on any atom is -0.370 e. The Morgan fingerprint density at radius 1 is 1.18 bits per heavy atom. The van der Waals surface area contributed by atoms with Gasteiger partial charge in [-0.05, 0) is 42.7 Å². The first-order valence-electron chi connectivity index (χ1n) is 8.99. The van der Waals surface area contributed by atoms with Gasteiger partial charge in [0.15, 0.2) is 5.13 Å². The lowest BCUT2D eigenvalue weighted by molar-refractivity contribution is 0.252. The summed E-state index contributed by atoms with van der Waals surface area (Å²) in [4.78, 5) is 21.3. The number of pyridine rings is 1. The Morgan fingerprint density at radius 3 is 2.86 bits per heavy atom. The molecule has 0 aliphatic rings. The van der Waals surface area contributed by atoms with E-state index in [2.05, 4.69) is 25.9 Å². The molecule has 3 N–H and O–H groups in total. The van der Waals surface area contributed by atoms with E-state index in [4.69, 9.17) is 0 Å². The quantitative estimate of drug-likeness (QED) is 0.496. The zero-order chi connectivity index (χ0) is 19.8. The molecule has 0 aliphatic carbocycles. The predicted molar refractivity (Wildman–Crippen MR) is 110 cm³/mol. The molecule has 0 bridgehead atoms. The molecule has 0 atom stereocenters. The Hall–Kier alpha value is -3.00. The molecule has 1 aromatic carbocycles. The minimum absolute atomic E-state index is 0.211. The Bertz CT molecular complexity index is 916. The maximum atomic E-state index is 13.6. The Kier molecular flexibility index (Phi) is 6.91. The summed E-state index contributed by atoms with van der Waals surface area (Å²) in [5, 5.41) is 9.23. The number of halogens is 1. The number of carbonyl (C=O) groups is 1. The zero-order valence-electron chi connectivity index (χ0n) is 15.5. The molecule has 0 fully saturated rings. The highest BCUT2D eigenvalue weighted by Crippen LogP contribution is 2.22. The van der Waals surface area contributed by atoms with Crippen molar-refractivity contribution in [3.63, 3.8) is 0 Å². The molecular formula is C20H22FN5OS. The minimum atomic E-state index is -0.292. The fourth-order valence-electron chi connectivity index (χ4n) is 2.51. The number of rotatable bonds is 8. The van der Waals surface area contributed by atoms with Crippen LogP contribution in [0.4, 0.5) is 20.1 Å². The van der Waals surface area contributed by atoms with E-state index < -0.39 is 0 Å². The van der Waals surface area contributed by atoms with Crippen molar-refractivity contribution in [2.45, 2.75) is 19.8 Å². The van der Waals surface area contributed by atoms with Gasteiger partial charge in [0, 0.05) is 36.8 Å². The number of aryl methyl sites for hydroxylation is 1. The molecule has 146 valence electrons. The monoisotopic (exact) mass is 399 g/mol. The number of hydrogen-bond donors (Lipinski definition) is 3. The molecular weight excluding hydrogens is 377 g/mol. The topological polar surface area (TPSA) is 78.9 Å². The summed E-state index contributed by atoms with van der Waals surface area (Å²) in [5.41, 5.74) is 1.51. The number of nitrogens with zero attached hydrogens (tertiary/aromatic N) is 2. The number of thiazole rings is 1. The zero-order valence-corrected chi connectivity index (χ0v) is 16.4. The smallest absolute Gasteiger partial charge is 0.321 e. The molecule has 3 aromatic rings. The van der Waals surface area contributed by atoms with Crippen molar-refractivity contribution in [3.8, 4) is 0 Å². The highest BCUT2D eigenvalue weighted by Gasteiger charge is 2.08. The number of aromatic nitrogens is 2. The van der Waals surface area contributed by atoms with Crippen LogP contribution in [0.25, 0.3) is 0 Å². The van der Waals surface area contributed by atoms with Crippen LogP contribution in [0.2, 0.25) is 0 Å². The highest BCUT2D eigenvalue weighted by molar-refractivity contribution is 7.15. The van der Waals surface area contributed by atoms with Crippen molar-refractivity contribution in [2.75, 3.05) is 23.7 Å². The van der Waals surface area contributed by atoms with Crippen LogP contribution in [0.15, 0.2) is 48.8 Å². The van der Waals surface area contributed by atoms with Crippen LogP contribution in [0.1, 0.15) is 22.4 Å². The van der Waals surface area contributed by atoms with E-state index in [0.717, 1.165) is 22.7 Å². The predicted octanol–water partition coefficient (Wildman–Crippen LogP) is 4.20. The van der Waals surface area contributed by atoms with Gasteiger partial charge in [-0.3, -0.25) is 5.32 Å². The van der Waals surface area contributed by atoms with Crippen molar-refractivity contribution in [1.29, 1.82) is 0 Å². The van der Waals surface area contributed by atoms with Gasteiger partial charge in [-0.1, -0.05) is 18.2 Å². The Labute approximate surface area is 167 Å². The summed E-state index contributed by atoms with van der Waals surface area (Å²) in [6.07, 6.45) is 4.78. The van der Waals surface area contributed by atoms with E-state index in [9.17, 15) is 9.18 Å². The first-order valence-corrected chi connectivity index (χ1v) is 9.81. The fraction of sp³-hybridized carbons (Fsp3) is 0.250. The number of amides is 2. The van der Waals surface area contributed by atoms with Crippen LogP contribution < -0.4 is 16.0 Å². The molecule has 8 heteroatoms. The lowest BCUT2D eigenvalue weighted by Gasteiger charge is -2.07. The molecule has 2 aromatic heterocycles. The van der Waals surface area contributed by atoms with Crippen LogP contribution in [-0.4, -0.2) is 29.1 Å². The van der Waals surface area contributed by atoms with Crippen molar-refractivity contribution >= 4 is 28.3 Å². The average Bonchev–Trinajstić information content (AvgIpc) is 3.12. The highest BCUT2D eigenvalue weighted by atomic mass is 32.1. The van der Waals surface area contributed by atoms with Crippen LogP contribution in [-0.2, 0) is 6.42 Å². The number of urea groups is 1. The largest absolute Gasteiger partial charge is 0.370 e. The van der Waals surface area contributed by atoms with E-state index >= 15 is 0 Å². The van der Waals surface area contributed by atoms with Gasteiger partial charge in [-0.15, -0.1) is 11.3 Å². The molecule has 0 unspecified atom stereocenters. The van der Waals surface area contributed by atoms with E-state index in [1.54, 1.807) is 25.4 Å². The second-order valence-corrected chi connectivity index (χ2v) is 7.38. The van der Waals surface area contributed by atoms with Gasteiger partial charge in [-0.25, -0.2) is 19.2 Å². The third-order valence-electron chi connectivity index (χ3n) is 4.00. The fourth-order valence-corrected chi connectivity index (χ4v) is 3.35. The van der Waals surface area contributed by atoms with Gasteiger partial charge in [0.25, 0.3) is 0 Å². The van der Waals surface area contributed by atoms with Crippen LogP contribution >= 0.6 is 11.3 Å². The summed E-state index contributed by atoms with van der Waals surface area (Å²) in [7, 11) is 0. The summed E-state index contributed by atoms with van der Waals surface area (Å²) in [6, 6.07) is 10.6. The van der Waals surface area contributed by atoms with E-state index in [1.807, 2.05) is 24.3 Å². The van der Waals surface area contributed by atoms with Crippen LogP contribution in [0.5, 0.6) is 0 Å². The molecule has 6 nitrogen and oxygen atoms in total. The standard InChI is InChI=1S/C20H22FN5OS/c1-14-6-7-15(12-17(14)21)11-16-13-25-20(28-16)26-19(27)24-10-4-9-23-18-5-2-3-8-22-18/h2-3,5-8,12-13H,4,9-11H2,1H3,(H,22,23)(H2,24,25,26,27). The second kappa shape index (κ2) is 9.80. The number of hydrogen-bond acceptors (Lipinski definition) is 5. The van der Waals surface area contributed by atoms with Crippen LogP contribution in [0.3, 0.4) is 0 Å². The number of anilines is 2. The maximum absolute atomic E-state index is 13.6. The molecule has 0 saturated carbocycles. The van der Waals surface area contributed by atoms with E-state index in [1.165, 1.54) is 17.4 Å². The average molecular weight is 399 g/mol. The molecule has 2 amide bonds. The van der Waals surface area contributed by atoms with Gasteiger partial charge in [-0.2, -0.15) is 0 Å². The molecule has 0 spiro atoms. The first-order chi connectivity index (χ1) is 13.6. The molecule has 0 aliphatic heterocycles. The Balaban J connectivity index is 1.38. The third-order valence-corrected chi connectivity index (χ3v) is 4.91. The van der Waals surface area contributed by atoms with Crippen LogP contribution in [0, 0.1) is 12.7 Å². The third kappa shape index (κ3) is 6.02. The lowest BCUT2D eigenvalue weighted by atomic mass is 10.1. The summed E-state index contributed by atoms with van der Waals surface area (Å²) in [6.45, 7) is 2.99. The number of carbonyl (C=O) groups excluding carboxylic acids is 1. The van der Waals surface area contributed by atoms with E-state index in [-0.39, 0.29) is 11.8 Å². The Morgan fingerprint density at radius 2 is 2.07 bits per heavy atom. The summed E-state index contributed by atoms with van der Waals surface area (Å²) < 4.78 is 13.6. The van der Waals surface area contributed by atoms with Gasteiger partial charge in [0.2, 0.25) is 0 Å². The van der Waals surface area contributed by atoms with Gasteiger partial charge >= 0.3 is 6.03 Å². The van der Waals surface area contributed by atoms with E-state index in [0.29, 0.717) is 30.2 Å².